The van der Waals surface area contributed by atoms with Crippen molar-refractivity contribution in [2.75, 3.05) is 26.2 Å². The smallest absolute Gasteiger partial charge is 0.395 e. The van der Waals surface area contributed by atoms with E-state index in [1.165, 1.54) is 22.6 Å². The molecule has 5 rings (SSSR count). The van der Waals surface area contributed by atoms with Crippen molar-refractivity contribution in [3.63, 3.8) is 0 Å². The van der Waals surface area contributed by atoms with E-state index in [9.17, 15) is 31.1 Å². The number of thioether (sulfide) groups is 1. The number of aliphatic hydroxyl groups is 1. The predicted octanol–water partition coefficient (Wildman–Crippen LogP) is 5.14. The molecule has 2 aliphatic heterocycles. The molecule has 1 fully saturated rings. The number of likely N-dealkylation sites (tertiary alicyclic amines) is 1. The number of piperidine rings is 1. The number of alkyl halides is 6. The molecule has 41 heavy (non-hydrogen) atoms. The van der Waals surface area contributed by atoms with Gasteiger partial charge in [0.2, 0.25) is 0 Å². The van der Waals surface area contributed by atoms with Crippen LogP contribution in [0.2, 0.25) is 0 Å². The minimum Gasteiger partial charge on any atom is -0.395 e. The summed E-state index contributed by atoms with van der Waals surface area (Å²) in [5.74, 6) is -0.367. The molecule has 2 aromatic carbocycles. The summed E-state index contributed by atoms with van der Waals surface area (Å²) in [5.41, 5.74) is -1.94. The van der Waals surface area contributed by atoms with Gasteiger partial charge in [0.25, 0.3) is 5.91 Å². The highest BCUT2D eigenvalue weighted by molar-refractivity contribution is 8.18. The maximum absolute atomic E-state index is 13.6. The summed E-state index contributed by atoms with van der Waals surface area (Å²) in [6, 6.07) is 6.82. The Morgan fingerprint density at radius 1 is 1.10 bits per heavy atom. The van der Waals surface area contributed by atoms with E-state index in [4.69, 9.17) is 5.11 Å². The molecule has 2 aliphatic rings. The highest BCUT2D eigenvalue weighted by Gasteiger charge is 2.38. The molecule has 0 spiro atoms. The van der Waals surface area contributed by atoms with Crippen LogP contribution < -0.4 is 5.32 Å². The van der Waals surface area contributed by atoms with Crippen molar-refractivity contribution in [2.24, 2.45) is 4.99 Å². The number of aromatic nitrogens is 2. The molecule has 2 N–H and O–H groups in total. The lowest BCUT2D eigenvalue weighted by atomic mass is 10.0. The molecular formula is C27H25F6N5O2S. The van der Waals surface area contributed by atoms with Crippen LogP contribution in [0.1, 0.15) is 35.1 Å². The molecule has 7 nitrogen and oxygen atoms in total. The molecule has 218 valence electrons. The van der Waals surface area contributed by atoms with Gasteiger partial charge in [0.15, 0.2) is 5.17 Å². The Balaban J connectivity index is 1.33. The van der Waals surface area contributed by atoms with Crippen LogP contribution in [0.3, 0.4) is 0 Å². The lowest BCUT2D eigenvalue weighted by molar-refractivity contribution is -0.143. The largest absolute Gasteiger partial charge is 0.416 e. The SMILES string of the molecule is O=C1N=C(N2CCCC(NCCO)C2)SC1=Cc1ccc2c(cnn2Cc2ccc(C(F)(F)F)cc2C(F)(F)F)c1. The number of hydrogen-bond acceptors (Lipinski definition) is 6. The van der Waals surface area contributed by atoms with Crippen molar-refractivity contribution in [1.29, 1.82) is 0 Å². The van der Waals surface area contributed by atoms with Gasteiger partial charge in [-0.15, -0.1) is 0 Å². The lowest BCUT2D eigenvalue weighted by Gasteiger charge is -2.33. The number of fused-ring (bicyclic) bond motifs is 1. The molecule has 1 atom stereocenters. The number of hydrogen-bond donors (Lipinski definition) is 2. The summed E-state index contributed by atoms with van der Waals surface area (Å²) in [6.07, 6.45) is -4.85. The summed E-state index contributed by atoms with van der Waals surface area (Å²) in [7, 11) is 0. The van der Waals surface area contributed by atoms with E-state index in [0.29, 0.717) is 45.7 Å². The quantitative estimate of drug-likeness (QED) is 0.303. The van der Waals surface area contributed by atoms with Crippen LogP contribution in [0.25, 0.3) is 17.0 Å². The van der Waals surface area contributed by atoms with Gasteiger partial charge in [-0.3, -0.25) is 9.48 Å². The fourth-order valence-electron chi connectivity index (χ4n) is 4.91. The summed E-state index contributed by atoms with van der Waals surface area (Å²) >= 11 is 1.27. The zero-order chi connectivity index (χ0) is 29.4. The molecule has 1 saturated heterocycles. The number of carbonyl (C=O) groups is 1. The van der Waals surface area contributed by atoms with Crippen molar-refractivity contribution in [2.45, 2.75) is 37.8 Å². The number of benzene rings is 2. The van der Waals surface area contributed by atoms with Gasteiger partial charge in [-0.05, 0) is 66.1 Å². The molecular weight excluding hydrogens is 572 g/mol. The van der Waals surface area contributed by atoms with E-state index < -0.39 is 23.5 Å². The lowest BCUT2D eigenvalue weighted by Crippen LogP contribution is -2.47. The second kappa shape index (κ2) is 11.5. The highest BCUT2D eigenvalue weighted by Crippen LogP contribution is 2.38. The molecule has 3 aromatic rings. The fourth-order valence-corrected chi connectivity index (χ4v) is 5.86. The number of amides is 1. The van der Waals surface area contributed by atoms with Gasteiger partial charge < -0.3 is 15.3 Å². The Morgan fingerprint density at radius 2 is 1.90 bits per heavy atom. The third-order valence-corrected chi connectivity index (χ3v) is 7.92. The third-order valence-electron chi connectivity index (χ3n) is 6.87. The first kappa shape index (κ1) is 29.1. The van der Waals surface area contributed by atoms with E-state index in [0.717, 1.165) is 25.5 Å². The topological polar surface area (TPSA) is 82.8 Å². The molecule has 0 radical (unpaired) electrons. The Labute approximate surface area is 234 Å². The van der Waals surface area contributed by atoms with Gasteiger partial charge in [-0.25, -0.2) is 0 Å². The first-order chi connectivity index (χ1) is 19.4. The summed E-state index contributed by atoms with van der Waals surface area (Å²) in [6.45, 7) is 1.60. The molecule has 1 aromatic heterocycles. The first-order valence-corrected chi connectivity index (χ1v) is 13.6. The maximum atomic E-state index is 13.6. The van der Waals surface area contributed by atoms with Gasteiger partial charge in [-0.1, -0.05) is 12.1 Å². The fraction of sp³-hybridized carbons (Fsp3) is 0.370. The van der Waals surface area contributed by atoms with Crippen molar-refractivity contribution in [1.82, 2.24) is 20.0 Å². The van der Waals surface area contributed by atoms with Crippen molar-refractivity contribution in [3.05, 3.63) is 69.8 Å². The van der Waals surface area contributed by atoms with Crippen LogP contribution in [0, 0.1) is 0 Å². The zero-order valence-electron chi connectivity index (χ0n) is 21.5. The number of aliphatic hydroxyl groups excluding tert-OH is 1. The third kappa shape index (κ3) is 6.60. The molecule has 0 bridgehead atoms. The highest BCUT2D eigenvalue weighted by atomic mass is 32.2. The number of carbonyl (C=O) groups excluding carboxylic acids is 1. The van der Waals surface area contributed by atoms with Gasteiger partial charge in [0.05, 0.1) is 40.9 Å². The van der Waals surface area contributed by atoms with Crippen LogP contribution in [-0.4, -0.2) is 63.1 Å². The Hall–Kier alpha value is -3.36. The predicted molar refractivity (Wildman–Crippen MR) is 143 cm³/mol. The van der Waals surface area contributed by atoms with Crippen LogP contribution in [0.15, 0.2) is 52.5 Å². The zero-order valence-corrected chi connectivity index (χ0v) is 22.3. The normalized spacial score (nSPS) is 19.4. The van der Waals surface area contributed by atoms with Crippen LogP contribution >= 0.6 is 11.8 Å². The number of aliphatic imine (C=N–C) groups is 1. The van der Waals surface area contributed by atoms with Crippen molar-refractivity contribution in [3.8, 4) is 0 Å². The molecule has 1 amide bonds. The number of nitrogens with zero attached hydrogens (tertiary/aromatic N) is 4. The number of rotatable bonds is 6. The van der Waals surface area contributed by atoms with Crippen molar-refractivity contribution >= 4 is 39.8 Å². The monoisotopic (exact) mass is 597 g/mol. The molecule has 3 heterocycles. The second-order valence-corrected chi connectivity index (χ2v) is 10.8. The van der Waals surface area contributed by atoms with Crippen LogP contribution in [-0.2, 0) is 23.7 Å². The molecule has 0 saturated carbocycles. The molecule has 14 heteroatoms. The minimum absolute atomic E-state index is 0.0461. The summed E-state index contributed by atoms with van der Waals surface area (Å²) in [4.78, 5) is 19.3. The average Bonchev–Trinajstić information content (AvgIpc) is 3.49. The number of amidine groups is 1. The van der Waals surface area contributed by atoms with Gasteiger partial charge in [0, 0.05) is 31.1 Å². The average molecular weight is 598 g/mol. The van der Waals surface area contributed by atoms with E-state index in [-0.39, 0.29) is 36.7 Å². The summed E-state index contributed by atoms with van der Waals surface area (Å²) in [5, 5.41) is 17.7. The number of nitrogens with one attached hydrogen (secondary N) is 1. The van der Waals surface area contributed by atoms with E-state index in [1.807, 2.05) is 4.90 Å². The first-order valence-electron chi connectivity index (χ1n) is 12.8. The summed E-state index contributed by atoms with van der Waals surface area (Å²) < 4.78 is 81.1. The van der Waals surface area contributed by atoms with Crippen LogP contribution in [0.4, 0.5) is 26.3 Å². The van der Waals surface area contributed by atoms with E-state index in [2.05, 4.69) is 15.4 Å². The van der Waals surface area contributed by atoms with E-state index in [1.54, 1.807) is 24.3 Å². The Morgan fingerprint density at radius 3 is 2.63 bits per heavy atom. The molecule has 0 aliphatic carbocycles. The van der Waals surface area contributed by atoms with Gasteiger partial charge in [0.1, 0.15) is 0 Å². The van der Waals surface area contributed by atoms with E-state index >= 15 is 0 Å². The molecule has 1 unspecified atom stereocenters. The maximum Gasteiger partial charge on any atom is 0.416 e. The van der Waals surface area contributed by atoms with Gasteiger partial charge >= 0.3 is 12.4 Å². The van der Waals surface area contributed by atoms with Crippen molar-refractivity contribution < 1.29 is 36.2 Å². The van der Waals surface area contributed by atoms with Crippen LogP contribution in [0.5, 0.6) is 0 Å². The van der Waals surface area contributed by atoms with Gasteiger partial charge in [-0.2, -0.15) is 36.4 Å². The Bertz CT molecular complexity index is 1510. The number of halogens is 6. The second-order valence-electron chi connectivity index (χ2n) is 9.76. The Kier molecular flexibility index (Phi) is 8.17. The standard InChI is InChI=1S/C27H25F6N5O2S/c28-26(29,30)19-5-4-17(21(12-19)27(31,32)33)14-38-22-6-3-16(10-18(22)13-35-38)11-23-24(40)36-25(41-23)37-8-1-2-20(15-37)34-7-9-39/h3-6,10-13,20,34,39H,1-2,7-9,14-15H2. The minimum atomic E-state index is -4.98.